The summed E-state index contributed by atoms with van der Waals surface area (Å²) in [6.07, 6.45) is -0.0429. The van der Waals surface area contributed by atoms with E-state index in [1.807, 2.05) is 0 Å². The number of aryl methyl sites for hydroxylation is 1. The van der Waals surface area contributed by atoms with Crippen molar-refractivity contribution in [3.8, 4) is 0 Å². The van der Waals surface area contributed by atoms with Crippen LogP contribution in [0.2, 0.25) is 0 Å². The normalized spacial score (nSPS) is 10.5. The van der Waals surface area contributed by atoms with Crippen molar-refractivity contribution in [2.75, 3.05) is 0 Å². The molecule has 0 aromatic heterocycles. The van der Waals surface area contributed by atoms with Crippen molar-refractivity contribution in [2.45, 2.75) is 13.3 Å². The molecule has 0 saturated heterocycles. The molecule has 0 spiro atoms. The average molecular weight is 325 g/mol. The third-order valence-electron chi connectivity index (χ3n) is 2.78. The molecule has 1 nitrogen and oxygen atoms in total. The molecule has 0 atom stereocenters. The van der Waals surface area contributed by atoms with Crippen LogP contribution in [-0.4, -0.2) is 5.78 Å². The zero-order valence-corrected chi connectivity index (χ0v) is 11.8. The molecule has 2 aromatic carbocycles. The summed E-state index contributed by atoms with van der Waals surface area (Å²) in [6, 6.07) is 8.48. The third kappa shape index (κ3) is 3.26. The topological polar surface area (TPSA) is 17.1 Å². The van der Waals surface area contributed by atoms with Crippen molar-refractivity contribution in [1.29, 1.82) is 0 Å². The lowest BCUT2D eigenvalue weighted by Crippen LogP contribution is -2.07. The van der Waals surface area contributed by atoms with Crippen LogP contribution in [0.15, 0.2) is 40.9 Å². The maximum absolute atomic E-state index is 13.6. The second-order valence-corrected chi connectivity index (χ2v) is 5.17. The number of hydrogen-bond donors (Lipinski definition) is 0. The fraction of sp³-hybridized carbons (Fsp3) is 0.133. The molecule has 0 aliphatic carbocycles. The molecule has 0 heterocycles. The van der Waals surface area contributed by atoms with E-state index < -0.39 is 11.6 Å². The number of carbonyl (C=O) groups is 1. The Morgan fingerprint density at radius 1 is 1.16 bits per heavy atom. The van der Waals surface area contributed by atoms with Gasteiger partial charge in [-0.1, -0.05) is 27.6 Å². The van der Waals surface area contributed by atoms with E-state index in [4.69, 9.17) is 0 Å². The van der Waals surface area contributed by atoms with E-state index in [9.17, 15) is 13.6 Å². The van der Waals surface area contributed by atoms with Crippen molar-refractivity contribution < 1.29 is 13.6 Å². The lowest BCUT2D eigenvalue weighted by Gasteiger charge is -2.06. The van der Waals surface area contributed by atoms with Gasteiger partial charge in [0.15, 0.2) is 5.78 Å². The SMILES string of the molecule is Cc1ccc(F)c(C(=O)Cc2cc(F)ccc2Br)c1. The van der Waals surface area contributed by atoms with E-state index in [2.05, 4.69) is 15.9 Å². The number of halogens is 3. The molecule has 0 radical (unpaired) electrons. The van der Waals surface area contributed by atoms with Crippen LogP contribution in [0.4, 0.5) is 8.78 Å². The Hall–Kier alpha value is -1.55. The third-order valence-corrected chi connectivity index (χ3v) is 3.55. The van der Waals surface area contributed by atoms with Crippen molar-refractivity contribution in [1.82, 2.24) is 0 Å². The Bertz CT molecular complexity index is 638. The summed E-state index contributed by atoms with van der Waals surface area (Å²) in [5, 5.41) is 0. The lowest BCUT2D eigenvalue weighted by atomic mass is 10.0. The molecule has 19 heavy (non-hydrogen) atoms. The number of benzene rings is 2. The van der Waals surface area contributed by atoms with Crippen molar-refractivity contribution >= 4 is 21.7 Å². The Morgan fingerprint density at radius 2 is 1.89 bits per heavy atom. The largest absolute Gasteiger partial charge is 0.294 e. The zero-order chi connectivity index (χ0) is 14.0. The molecule has 0 aliphatic heterocycles. The number of carbonyl (C=O) groups excluding carboxylic acids is 1. The standard InChI is InChI=1S/C15H11BrF2O/c1-9-2-5-14(18)12(6-9)15(19)8-10-7-11(17)3-4-13(10)16/h2-7H,8H2,1H3. The summed E-state index contributed by atoms with van der Waals surface area (Å²) in [5.74, 6) is -1.34. The summed E-state index contributed by atoms with van der Waals surface area (Å²) in [5.41, 5.74) is 1.35. The van der Waals surface area contributed by atoms with Gasteiger partial charge in [-0.25, -0.2) is 8.78 Å². The molecular formula is C15H11BrF2O. The highest BCUT2D eigenvalue weighted by Gasteiger charge is 2.14. The molecule has 0 saturated carbocycles. The number of ketones is 1. The maximum Gasteiger partial charge on any atom is 0.170 e. The number of hydrogen-bond acceptors (Lipinski definition) is 1. The summed E-state index contributed by atoms with van der Waals surface area (Å²) in [4.78, 5) is 12.1. The fourth-order valence-corrected chi connectivity index (χ4v) is 2.19. The van der Waals surface area contributed by atoms with Crippen LogP contribution in [0.3, 0.4) is 0 Å². The van der Waals surface area contributed by atoms with E-state index in [1.165, 1.54) is 30.3 Å². The van der Waals surface area contributed by atoms with Crippen LogP contribution in [0, 0.1) is 18.6 Å². The molecular weight excluding hydrogens is 314 g/mol. The molecule has 4 heteroatoms. The monoisotopic (exact) mass is 324 g/mol. The molecule has 0 N–H and O–H groups in total. The van der Waals surface area contributed by atoms with Gasteiger partial charge in [-0.05, 0) is 42.8 Å². The first-order chi connectivity index (χ1) is 8.97. The van der Waals surface area contributed by atoms with Crippen molar-refractivity contribution in [3.05, 3.63) is 69.2 Å². The van der Waals surface area contributed by atoms with E-state index in [-0.39, 0.29) is 17.8 Å². The Labute approximate surface area is 118 Å². The Kier molecular flexibility index (Phi) is 4.10. The maximum atomic E-state index is 13.6. The van der Waals surface area contributed by atoms with Gasteiger partial charge in [0, 0.05) is 10.9 Å². The highest BCUT2D eigenvalue weighted by Crippen LogP contribution is 2.21. The second kappa shape index (κ2) is 5.61. The van der Waals surface area contributed by atoms with Gasteiger partial charge in [-0.2, -0.15) is 0 Å². The van der Waals surface area contributed by atoms with Gasteiger partial charge >= 0.3 is 0 Å². The highest BCUT2D eigenvalue weighted by atomic mass is 79.9. The minimum atomic E-state index is -0.553. The van der Waals surface area contributed by atoms with E-state index in [0.717, 1.165) is 5.56 Å². The van der Waals surface area contributed by atoms with Crippen LogP contribution in [0.25, 0.3) is 0 Å². The van der Waals surface area contributed by atoms with Gasteiger partial charge in [0.2, 0.25) is 0 Å². The minimum Gasteiger partial charge on any atom is -0.294 e. The van der Waals surface area contributed by atoms with Gasteiger partial charge in [0.1, 0.15) is 11.6 Å². The van der Waals surface area contributed by atoms with Gasteiger partial charge in [-0.15, -0.1) is 0 Å². The van der Waals surface area contributed by atoms with E-state index in [0.29, 0.717) is 10.0 Å². The predicted molar refractivity (Wildman–Crippen MR) is 73.3 cm³/mol. The number of Topliss-reactive ketones (excluding diaryl/α,β-unsaturated/α-hetero) is 1. The molecule has 2 rings (SSSR count). The molecule has 0 bridgehead atoms. The molecule has 98 valence electrons. The van der Waals surface area contributed by atoms with Gasteiger partial charge in [0.25, 0.3) is 0 Å². The minimum absolute atomic E-state index is 0.0381. The zero-order valence-electron chi connectivity index (χ0n) is 10.2. The summed E-state index contributed by atoms with van der Waals surface area (Å²) < 4.78 is 27.4. The molecule has 0 fully saturated rings. The van der Waals surface area contributed by atoms with Gasteiger partial charge in [0.05, 0.1) is 5.56 Å². The average Bonchev–Trinajstić information content (AvgIpc) is 2.36. The molecule has 2 aromatic rings. The van der Waals surface area contributed by atoms with Crippen LogP contribution in [-0.2, 0) is 6.42 Å². The summed E-state index contributed by atoms with van der Waals surface area (Å²) in [6.45, 7) is 1.79. The van der Waals surface area contributed by atoms with Gasteiger partial charge in [-0.3, -0.25) is 4.79 Å². The van der Waals surface area contributed by atoms with E-state index in [1.54, 1.807) is 13.0 Å². The van der Waals surface area contributed by atoms with Crippen LogP contribution in [0.1, 0.15) is 21.5 Å². The lowest BCUT2D eigenvalue weighted by molar-refractivity contribution is 0.0989. The summed E-state index contributed by atoms with van der Waals surface area (Å²) >= 11 is 3.25. The van der Waals surface area contributed by atoms with Crippen molar-refractivity contribution in [3.63, 3.8) is 0 Å². The first-order valence-corrected chi connectivity index (χ1v) is 6.50. The molecule has 0 aliphatic rings. The smallest absolute Gasteiger partial charge is 0.170 e. The first-order valence-electron chi connectivity index (χ1n) is 5.70. The van der Waals surface area contributed by atoms with Crippen molar-refractivity contribution in [2.24, 2.45) is 0 Å². The van der Waals surface area contributed by atoms with E-state index >= 15 is 0 Å². The molecule has 0 unspecified atom stereocenters. The van der Waals surface area contributed by atoms with Crippen LogP contribution in [0.5, 0.6) is 0 Å². The quantitative estimate of drug-likeness (QED) is 0.762. The predicted octanol–water partition coefficient (Wildman–Crippen LogP) is 4.46. The summed E-state index contributed by atoms with van der Waals surface area (Å²) in [7, 11) is 0. The van der Waals surface area contributed by atoms with Gasteiger partial charge < -0.3 is 0 Å². The van der Waals surface area contributed by atoms with Crippen LogP contribution >= 0.6 is 15.9 Å². The first kappa shape index (κ1) is 13.9. The Morgan fingerprint density at radius 3 is 2.63 bits per heavy atom. The van der Waals surface area contributed by atoms with Crippen LogP contribution < -0.4 is 0 Å². The second-order valence-electron chi connectivity index (χ2n) is 4.32. The Balaban J connectivity index is 2.30. The highest BCUT2D eigenvalue weighted by molar-refractivity contribution is 9.10. The molecule has 0 amide bonds. The number of rotatable bonds is 3. The fourth-order valence-electron chi connectivity index (χ4n) is 1.80.